The average Bonchev–Trinajstić information content (AvgIpc) is 2.46. The second kappa shape index (κ2) is 7.53. The van der Waals surface area contributed by atoms with E-state index in [2.05, 4.69) is 42.3 Å². The largest absolute Gasteiger partial charge is 0.494 e. The smallest absolute Gasteiger partial charge is 0.121 e. The van der Waals surface area contributed by atoms with E-state index >= 15 is 0 Å². The summed E-state index contributed by atoms with van der Waals surface area (Å²) in [5.41, 5.74) is 1.29. The van der Waals surface area contributed by atoms with E-state index in [1.807, 2.05) is 13.0 Å². The second-order valence-electron chi connectivity index (χ2n) is 5.70. The summed E-state index contributed by atoms with van der Waals surface area (Å²) in [5.74, 6) is 1.66. The zero-order valence-electron chi connectivity index (χ0n) is 13.1. The SMILES string of the molecule is CCCNC1CCN(c2cccc(OCC)c2)CC1C. The first-order chi connectivity index (χ1) is 9.74. The van der Waals surface area contributed by atoms with Crippen LogP contribution in [-0.4, -0.2) is 32.3 Å². The number of nitrogens with one attached hydrogen (secondary N) is 1. The average molecular weight is 276 g/mol. The number of ether oxygens (including phenoxy) is 1. The van der Waals surface area contributed by atoms with E-state index in [-0.39, 0.29) is 0 Å². The molecular formula is C17H28N2O. The maximum atomic E-state index is 5.60. The van der Waals surface area contributed by atoms with Crippen molar-refractivity contribution in [2.75, 3.05) is 31.1 Å². The van der Waals surface area contributed by atoms with Crippen molar-refractivity contribution >= 4 is 5.69 Å². The molecule has 0 radical (unpaired) electrons. The van der Waals surface area contributed by atoms with Crippen molar-refractivity contribution in [3.05, 3.63) is 24.3 Å². The summed E-state index contributed by atoms with van der Waals surface area (Å²) < 4.78 is 5.60. The van der Waals surface area contributed by atoms with Crippen LogP contribution in [0, 0.1) is 5.92 Å². The zero-order chi connectivity index (χ0) is 14.4. The maximum Gasteiger partial charge on any atom is 0.121 e. The lowest BCUT2D eigenvalue weighted by Crippen LogP contribution is -2.48. The van der Waals surface area contributed by atoms with Gasteiger partial charge in [-0.15, -0.1) is 0 Å². The monoisotopic (exact) mass is 276 g/mol. The summed E-state index contributed by atoms with van der Waals surface area (Å²) in [5, 5.41) is 3.67. The van der Waals surface area contributed by atoms with Gasteiger partial charge in [0.25, 0.3) is 0 Å². The van der Waals surface area contributed by atoms with Gasteiger partial charge in [0.05, 0.1) is 6.61 Å². The molecule has 0 aromatic heterocycles. The van der Waals surface area contributed by atoms with E-state index in [1.165, 1.54) is 18.5 Å². The molecule has 3 nitrogen and oxygen atoms in total. The Morgan fingerprint density at radius 3 is 2.90 bits per heavy atom. The third-order valence-corrected chi connectivity index (χ3v) is 4.06. The fourth-order valence-corrected chi connectivity index (χ4v) is 2.95. The first kappa shape index (κ1) is 15.2. The minimum atomic E-state index is 0.668. The van der Waals surface area contributed by atoms with Crippen LogP contribution in [0.3, 0.4) is 0 Å². The fourth-order valence-electron chi connectivity index (χ4n) is 2.95. The van der Waals surface area contributed by atoms with E-state index in [0.29, 0.717) is 12.0 Å². The van der Waals surface area contributed by atoms with Crippen LogP contribution in [0.15, 0.2) is 24.3 Å². The zero-order valence-corrected chi connectivity index (χ0v) is 13.1. The molecule has 2 unspecified atom stereocenters. The molecule has 1 aliphatic rings. The van der Waals surface area contributed by atoms with Gasteiger partial charge in [0, 0.05) is 30.9 Å². The lowest BCUT2D eigenvalue weighted by atomic mass is 9.93. The van der Waals surface area contributed by atoms with Crippen LogP contribution in [0.1, 0.15) is 33.6 Å². The number of nitrogens with zero attached hydrogens (tertiary/aromatic N) is 1. The molecule has 1 saturated heterocycles. The van der Waals surface area contributed by atoms with Crippen molar-refractivity contribution in [3.63, 3.8) is 0 Å². The molecule has 1 heterocycles. The van der Waals surface area contributed by atoms with E-state index in [9.17, 15) is 0 Å². The van der Waals surface area contributed by atoms with Crippen molar-refractivity contribution in [3.8, 4) is 5.75 Å². The molecule has 0 saturated carbocycles. The molecule has 0 amide bonds. The van der Waals surface area contributed by atoms with Crippen molar-refractivity contribution in [1.29, 1.82) is 0 Å². The highest BCUT2D eigenvalue weighted by molar-refractivity contribution is 5.51. The Hall–Kier alpha value is -1.22. The maximum absolute atomic E-state index is 5.60. The summed E-state index contributed by atoms with van der Waals surface area (Å²) in [6.07, 6.45) is 2.43. The first-order valence-electron chi connectivity index (χ1n) is 7.95. The molecule has 0 spiro atoms. The van der Waals surface area contributed by atoms with Gasteiger partial charge in [-0.2, -0.15) is 0 Å². The minimum absolute atomic E-state index is 0.668. The van der Waals surface area contributed by atoms with Gasteiger partial charge in [0.1, 0.15) is 5.75 Å². The van der Waals surface area contributed by atoms with Gasteiger partial charge < -0.3 is 15.0 Å². The minimum Gasteiger partial charge on any atom is -0.494 e. The summed E-state index contributed by atoms with van der Waals surface area (Å²) >= 11 is 0. The van der Waals surface area contributed by atoms with Gasteiger partial charge in [-0.25, -0.2) is 0 Å². The van der Waals surface area contributed by atoms with Crippen molar-refractivity contribution in [1.82, 2.24) is 5.32 Å². The van der Waals surface area contributed by atoms with Gasteiger partial charge >= 0.3 is 0 Å². The van der Waals surface area contributed by atoms with Gasteiger partial charge in [-0.05, 0) is 44.4 Å². The van der Waals surface area contributed by atoms with Crippen molar-refractivity contribution < 1.29 is 4.74 Å². The van der Waals surface area contributed by atoms with Crippen molar-refractivity contribution in [2.45, 2.75) is 39.7 Å². The topological polar surface area (TPSA) is 24.5 Å². The Bertz CT molecular complexity index is 408. The summed E-state index contributed by atoms with van der Waals surface area (Å²) in [4.78, 5) is 2.48. The molecular weight excluding hydrogens is 248 g/mol. The second-order valence-corrected chi connectivity index (χ2v) is 5.70. The molecule has 20 heavy (non-hydrogen) atoms. The fraction of sp³-hybridized carbons (Fsp3) is 0.647. The van der Waals surface area contributed by atoms with Crippen LogP contribution in [-0.2, 0) is 0 Å². The standard InChI is InChI=1S/C17H28N2O/c1-4-10-18-17-9-11-19(13-14(17)3)15-7-6-8-16(12-15)20-5-2/h6-8,12,14,17-18H,4-5,9-11,13H2,1-3H3. The molecule has 2 rings (SSSR count). The predicted octanol–water partition coefficient (Wildman–Crippen LogP) is 3.30. The summed E-state index contributed by atoms with van der Waals surface area (Å²) in [6.45, 7) is 10.7. The highest BCUT2D eigenvalue weighted by Gasteiger charge is 2.25. The van der Waals surface area contributed by atoms with E-state index in [4.69, 9.17) is 4.74 Å². The molecule has 0 aliphatic carbocycles. The predicted molar refractivity (Wildman–Crippen MR) is 85.7 cm³/mol. The van der Waals surface area contributed by atoms with Crippen LogP contribution in [0.2, 0.25) is 0 Å². The molecule has 112 valence electrons. The van der Waals surface area contributed by atoms with Crippen LogP contribution in [0.4, 0.5) is 5.69 Å². The molecule has 1 aliphatic heterocycles. The van der Waals surface area contributed by atoms with Crippen LogP contribution >= 0.6 is 0 Å². The highest BCUT2D eigenvalue weighted by Crippen LogP contribution is 2.26. The Morgan fingerprint density at radius 1 is 1.35 bits per heavy atom. The third-order valence-electron chi connectivity index (χ3n) is 4.06. The number of rotatable bonds is 6. The molecule has 1 aromatic rings. The van der Waals surface area contributed by atoms with Crippen LogP contribution in [0.25, 0.3) is 0 Å². The Labute approximate surface area is 123 Å². The normalized spacial score (nSPS) is 22.9. The Morgan fingerprint density at radius 2 is 2.20 bits per heavy atom. The molecule has 1 N–H and O–H groups in total. The van der Waals surface area contributed by atoms with Gasteiger partial charge in [0.2, 0.25) is 0 Å². The first-order valence-corrected chi connectivity index (χ1v) is 7.95. The lowest BCUT2D eigenvalue weighted by molar-refractivity contribution is 0.321. The van der Waals surface area contributed by atoms with E-state index < -0.39 is 0 Å². The molecule has 3 heteroatoms. The molecule has 2 atom stereocenters. The van der Waals surface area contributed by atoms with Gasteiger partial charge in [-0.1, -0.05) is 19.9 Å². The summed E-state index contributed by atoms with van der Waals surface area (Å²) in [6, 6.07) is 9.14. The number of piperidine rings is 1. The van der Waals surface area contributed by atoms with E-state index in [0.717, 1.165) is 32.0 Å². The number of hydrogen-bond donors (Lipinski definition) is 1. The van der Waals surface area contributed by atoms with Crippen LogP contribution in [0.5, 0.6) is 5.75 Å². The lowest BCUT2D eigenvalue weighted by Gasteiger charge is -2.38. The van der Waals surface area contributed by atoms with Crippen LogP contribution < -0.4 is 15.0 Å². The molecule has 0 bridgehead atoms. The van der Waals surface area contributed by atoms with E-state index in [1.54, 1.807) is 0 Å². The van der Waals surface area contributed by atoms with Crippen molar-refractivity contribution in [2.24, 2.45) is 5.92 Å². The number of hydrogen-bond acceptors (Lipinski definition) is 3. The number of anilines is 1. The number of benzene rings is 1. The van der Waals surface area contributed by atoms with Gasteiger partial charge in [-0.3, -0.25) is 0 Å². The molecule has 1 fully saturated rings. The Kier molecular flexibility index (Phi) is 5.72. The quantitative estimate of drug-likeness (QED) is 0.863. The van der Waals surface area contributed by atoms with Gasteiger partial charge in [0.15, 0.2) is 0 Å². The third kappa shape index (κ3) is 3.89. The summed E-state index contributed by atoms with van der Waals surface area (Å²) in [7, 11) is 0. The molecule has 1 aromatic carbocycles. The highest BCUT2D eigenvalue weighted by atomic mass is 16.5. The Balaban J connectivity index is 1.96.